The molecule has 100 valence electrons. The minimum absolute atomic E-state index is 0.582. The molecule has 18 heavy (non-hydrogen) atoms. The van der Waals surface area contributed by atoms with Gasteiger partial charge in [0, 0.05) is 13.0 Å². The summed E-state index contributed by atoms with van der Waals surface area (Å²) in [6.45, 7) is 4.30. The molecule has 0 radical (unpaired) electrons. The van der Waals surface area contributed by atoms with Crippen LogP contribution in [0.4, 0.5) is 0 Å². The second-order valence-electron chi connectivity index (χ2n) is 5.87. The Morgan fingerprint density at radius 1 is 1.22 bits per heavy atom. The molecule has 1 saturated carbocycles. The zero-order valence-electron chi connectivity index (χ0n) is 11.4. The molecule has 2 aliphatic rings. The van der Waals surface area contributed by atoms with Crippen molar-refractivity contribution in [2.24, 2.45) is 5.92 Å². The van der Waals surface area contributed by atoms with Crippen LogP contribution in [0.1, 0.15) is 56.2 Å². The van der Waals surface area contributed by atoms with E-state index in [1.807, 2.05) is 0 Å². The molecule has 0 aromatic carbocycles. The van der Waals surface area contributed by atoms with E-state index in [0.717, 1.165) is 31.3 Å². The summed E-state index contributed by atoms with van der Waals surface area (Å²) in [5.74, 6) is 3.25. The third-order valence-corrected chi connectivity index (χ3v) is 4.59. The molecular formula is C14H24N4. The number of nitrogens with one attached hydrogen (secondary N) is 1. The molecule has 2 fully saturated rings. The van der Waals surface area contributed by atoms with Crippen molar-refractivity contribution < 1.29 is 0 Å². The maximum atomic E-state index is 4.41. The van der Waals surface area contributed by atoms with Crippen molar-refractivity contribution in [1.29, 1.82) is 0 Å². The van der Waals surface area contributed by atoms with E-state index in [4.69, 9.17) is 0 Å². The first kappa shape index (κ1) is 12.2. The largest absolute Gasteiger partial charge is 0.315 e. The highest BCUT2D eigenvalue weighted by atomic mass is 15.3. The van der Waals surface area contributed by atoms with E-state index in [-0.39, 0.29) is 0 Å². The summed E-state index contributed by atoms with van der Waals surface area (Å²) in [6.07, 6.45) is 9.36. The van der Waals surface area contributed by atoms with Crippen LogP contribution in [0.2, 0.25) is 0 Å². The summed E-state index contributed by atoms with van der Waals surface area (Å²) in [5.41, 5.74) is 0. The summed E-state index contributed by atoms with van der Waals surface area (Å²) in [4.78, 5) is 0. The van der Waals surface area contributed by atoms with Gasteiger partial charge >= 0.3 is 0 Å². The molecular weight excluding hydrogens is 224 g/mol. The molecule has 1 atom stereocenters. The van der Waals surface area contributed by atoms with Gasteiger partial charge in [-0.25, -0.2) is 0 Å². The van der Waals surface area contributed by atoms with E-state index >= 15 is 0 Å². The van der Waals surface area contributed by atoms with Gasteiger partial charge in [0.2, 0.25) is 0 Å². The standard InChI is InChI=1S/C14H24N4/c1-11-16-17-14(7-6-12-4-2-3-5-12)18(11)13-8-9-15-10-13/h12-13,15H,2-10H2,1H3. The second kappa shape index (κ2) is 5.39. The highest BCUT2D eigenvalue weighted by Crippen LogP contribution is 2.29. The Morgan fingerprint density at radius 2 is 2.06 bits per heavy atom. The Balaban J connectivity index is 1.67. The van der Waals surface area contributed by atoms with E-state index < -0.39 is 0 Å². The van der Waals surface area contributed by atoms with E-state index in [1.165, 1.54) is 44.3 Å². The van der Waals surface area contributed by atoms with Gasteiger partial charge in [-0.1, -0.05) is 25.7 Å². The lowest BCUT2D eigenvalue weighted by Crippen LogP contribution is -2.17. The molecule has 0 amide bonds. The van der Waals surface area contributed by atoms with Crippen molar-refractivity contribution >= 4 is 0 Å². The zero-order valence-corrected chi connectivity index (χ0v) is 11.4. The van der Waals surface area contributed by atoms with Crippen molar-refractivity contribution in [2.75, 3.05) is 13.1 Å². The molecule has 0 spiro atoms. The number of hydrogen-bond donors (Lipinski definition) is 1. The first-order chi connectivity index (χ1) is 8.84. The number of aryl methyl sites for hydroxylation is 2. The second-order valence-corrected chi connectivity index (χ2v) is 5.87. The van der Waals surface area contributed by atoms with Crippen LogP contribution in [0.5, 0.6) is 0 Å². The average molecular weight is 248 g/mol. The first-order valence-electron chi connectivity index (χ1n) is 7.45. The topological polar surface area (TPSA) is 42.7 Å². The van der Waals surface area contributed by atoms with E-state index in [2.05, 4.69) is 27.0 Å². The van der Waals surface area contributed by atoms with E-state index in [9.17, 15) is 0 Å². The van der Waals surface area contributed by atoms with Gasteiger partial charge in [-0.3, -0.25) is 0 Å². The minimum atomic E-state index is 0.582. The Kier molecular flexibility index (Phi) is 3.64. The molecule has 4 nitrogen and oxygen atoms in total. The van der Waals surface area contributed by atoms with Crippen molar-refractivity contribution in [1.82, 2.24) is 20.1 Å². The minimum Gasteiger partial charge on any atom is -0.315 e. The first-order valence-corrected chi connectivity index (χ1v) is 7.45. The highest BCUT2D eigenvalue weighted by molar-refractivity contribution is 5.00. The Bertz CT molecular complexity index is 386. The Morgan fingerprint density at radius 3 is 2.78 bits per heavy atom. The third-order valence-electron chi connectivity index (χ3n) is 4.59. The number of hydrogen-bond acceptors (Lipinski definition) is 3. The van der Waals surface area contributed by atoms with Crippen LogP contribution in [0, 0.1) is 12.8 Å². The van der Waals surface area contributed by atoms with Crippen LogP contribution in [-0.4, -0.2) is 27.9 Å². The summed E-state index contributed by atoms with van der Waals surface area (Å²) in [7, 11) is 0. The third kappa shape index (κ3) is 2.44. The molecule has 4 heteroatoms. The lowest BCUT2D eigenvalue weighted by molar-refractivity contribution is 0.465. The van der Waals surface area contributed by atoms with Gasteiger partial charge < -0.3 is 9.88 Å². The summed E-state index contributed by atoms with van der Waals surface area (Å²) < 4.78 is 2.38. The predicted molar refractivity (Wildman–Crippen MR) is 71.6 cm³/mol. The normalized spacial score (nSPS) is 25.1. The monoisotopic (exact) mass is 248 g/mol. The Hall–Kier alpha value is -0.900. The summed E-state index contributed by atoms with van der Waals surface area (Å²) in [5, 5.41) is 12.1. The van der Waals surface area contributed by atoms with E-state index in [1.54, 1.807) is 0 Å². The average Bonchev–Trinajstić information content (AvgIpc) is 3.07. The van der Waals surface area contributed by atoms with Gasteiger partial charge in [-0.05, 0) is 32.2 Å². The lowest BCUT2D eigenvalue weighted by atomic mass is 10.0. The quantitative estimate of drug-likeness (QED) is 0.888. The van der Waals surface area contributed by atoms with Gasteiger partial charge in [-0.15, -0.1) is 10.2 Å². The van der Waals surface area contributed by atoms with Gasteiger partial charge in [-0.2, -0.15) is 0 Å². The molecule has 1 aliphatic heterocycles. The van der Waals surface area contributed by atoms with Gasteiger partial charge in [0.25, 0.3) is 0 Å². The summed E-state index contributed by atoms with van der Waals surface area (Å²) in [6, 6.07) is 0.582. The lowest BCUT2D eigenvalue weighted by Gasteiger charge is -2.16. The van der Waals surface area contributed by atoms with Crippen molar-refractivity contribution in [2.45, 2.75) is 57.9 Å². The van der Waals surface area contributed by atoms with E-state index in [0.29, 0.717) is 6.04 Å². The van der Waals surface area contributed by atoms with Crippen molar-refractivity contribution in [3.63, 3.8) is 0 Å². The van der Waals surface area contributed by atoms with Crippen molar-refractivity contribution in [3.8, 4) is 0 Å². The Labute approximate surface area is 109 Å². The molecule has 2 heterocycles. The molecule has 1 aliphatic carbocycles. The highest BCUT2D eigenvalue weighted by Gasteiger charge is 2.23. The zero-order chi connectivity index (χ0) is 12.4. The van der Waals surface area contributed by atoms with Crippen LogP contribution in [-0.2, 0) is 6.42 Å². The molecule has 3 rings (SSSR count). The van der Waals surface area contributed by atoms with Gasteiger partial charge in [0.05, 0.1) is 6.04 Å². The fourth-order valence-electron chi connectivity index (χ4n) is 3.55. The molecule has 1 saturated heterocycles. The van der Waals surface area contributed by atoms with Crippen LogP contribution in [0.15, 0.2) is 0 Å². The molecule has 1 aromatic rings. The van der Waals surface area contributed by atoms with Crippen LogP contribution in [0.25, 0.3) is 0 Å². The smallest absolute Gasteiger partial charge is 0.133 e. The van der Waals surface area contributed by atoms with Gasteiger partial charge in [0.15, 0.2) is 0 Å². The van der Waals surface area contributed by atoms with Crippen LogP contribution >= 0.6 is 0 Å². The maximum Gasteiger partial charge on any atom is 0.133 e. The van der Waals surface area contributed by atoms with Crippen molar-refractivity contribution in [3.05, 3.63) is 11.6 Å². The molecule has 1 aromatic heterocycles. The molecule has 1 unspecified atom stereocenters. The van der Waals surface area contributed by atoms with Crippen LogP contribution in [0.3, 0.4) is 0 Å². The summed E-state index contributed by atoms with van der Waals surface area (Å²) >= 11 is 0. The van der Waals surface area contributed by atoms with Crippen LogP contribution < -0.4 is 5.32 Å². The SMILES string of the molecule is Cc1nnc(CCC2CCCC2)n1C1CCNC1. The fourth-order valence-corrected chi connectivity index (χ4v) is 3.55. The fraction of sp³-hybridized carbons (Fsp3) is 0.857. The number of rotatable bonds is 4. The van der Waals surface area contributed by atoms with Gasteiger partial charge in [0.1, 0.15) is 11.6 Å². The maximum absolute atomic E-state index is 4.41. The molecule has 0 bridgehead atoms. The number of nitrogens with zero attached hydrogens (tertiary/aromatic N) is 3. The number of aromatic nitrogens is 3. The predicted octanol–water partition coefficient (Wildman–Crippen LogP) is 2.24. The molecule has 1 N–H and O–H groups in total.